The van der Waals surface area contributed by atoms with Gasteiger partial charge in [-0.3, -0.25) is 9.59 Å². The monoisotopic (exact) mass is 764 g/mol. The van der Waals surface area contributed by atoms with E-state index in [-0.39, 0.29) is 47.6 Å². The number of imidazole rings is 2. The molecule has 1 saturated heterocycles. The molecule has 2 aliphatic carbocycles. The predicted molar refractivity (Wildman–Crippen MR) is 209 cm³/mol. The van der Waals surface area contributed by atoms with Gasteiger partial charge in [0.15, 0.2) is 0 Å². The molecular weight excluding hydrogens is 713 g/mol. The van der Waals surface area contributed by atoms with Gasteiger partial charge in [0.25, 0.3) is 0 Å². The first-order valence-corrected chi connectivity index (χ1v) is 19.6. The standard InChI is InChI=1S/C42H52N8O6/c1-23(2)36(47-41(53)55-5)40(52)49-19-7-8-33(49)37-43-21-31(45-37)27-13-9-25(10-14-27)26-11-15-28(16-12-26)32-22-44-38(46-32)34-29-17-18-30(20-29)35(34)39(51)50(24(3)4)48-42(54)56-6/h9-16,21-24,29-30,33-36H,7-8,17-20H2,1-6H3,(H,43,45)(H,44,46)(H,47,53)(H,48,54)/t29?,30?,33-,34-,35+,36-/m0/s1. The first-order valence-electron chi connectivity index (χ1n) is 19.6. The Labute approximate surface area is 327 Å². The molecule has 2 aromatic heterocycles. The maximum Gasteiger partial charge on any atom is 0.425 e. The van der Waals surface area contributed by atoms with Gasteiger partial charge in [-0.25, -0.2) is 30.0 Å². The number of aromatic nitrogens is 4. The number of hydrogen-bond donors (Lipinski definition) is 4. The molecule has 7 rings (SSSR count). The molecule has 0 radical (unpaired) electrons. The molecule has 1 aliphatic heterocycles. The van der Waals surface area contributed by atoms with Crippen LogP contribution in [0, 0.1) is 23.7 Å². The molecule has 4 N–H and O–H groups in total. The fourth-order valence-corrected chi connectivity index (χ4v) is 8.97. The normalized spacial score (nSPS) is 22.0. The Hall–Kier alpha value is -5.66. The number of methoxy groups -OCH3 is 2. The number of alkyl carbamates (subject to hydrolysis) is 1. The van der Waals surface area contributed by atoms with Crippen LogP contribution in [0.1, 0.15) is 83.4 Å². The molecule has 6 atom stereocenters. The summed E-state index contributed by atoms with van der Waals surface area (Å²) in [6.45, 7) is 8.15. The number of likely N-dealkylation sites (tertiary alicyclic amines) is 1. The number of carbonyl (C=O) groups is 4. The quantitative estimate of drug-likeness (QED) is 0.127. The number of nitrogens with zero attached hydrogens (tertiary/aromatic N) is 4. The van der Waals surface area contributed by atoms with Crippen LogP contribution in [0.3, 0.4) is 0 Å². The minimum atomic E-state index is -0.687. The number of amides is 4. The lowest BCUT2D eigenvalue weighted by atomic mass is 9.78. The highest BCUT2D eigenvalue weighted by molar-refractivity contribution is 5.86. The predicted octanol–water partition coefficient (Wildman–Crippen LogP) is 6.82. The van der Waals surface area contributed by atoms with Crippen LogP contribution >= 0.6 is 0 Å². The van der Waals surface area contributed by atoms with Crippen molar-refractivity contribution in [2.75, 3.05) is 20.8 Å². The van der Waals surface area contributed by atoms with Crippen LogP contribution in [0.4, 0.5) is 9.59 Å². The summed E-state index contributed by atoms with van der Waals surface area (Å²) in [5.41, 5.74) is 8.48. The highest BCUT2D eigenvalue weighted by Gasteiger charge is 2.54. The smallest absolute Gasteiger partial charge is 0.425 e. The van der Waals surface area contributed by atoms with E-state index in [2.05, 4.69) is 74.2 Å². The third-order valence-electron chi connectivity index (χ3n) is 11.8. The maximum absolute atomic E-state index is 13.9. The van der Waals surface area contributed by atoms with Crippen molar-refractivity contribution in [3.05, 3.63) is 72.6 Å². The Kier molecular flexibility index (Phi) is 11.2. The molecule has 14 nitrogen and oxygen atoms in total. The van der Waals surface area contributed by atoms with E-state index >= 15 is 0 Å². The molecule has 296 valence electrons. The molecule has 0 spiro atoms. The lowest BCUT2D eigenvalue weighted by Gasteiger charge is -2.35. The second-order valence-corrected chi connectivity index (χ2v) is 15.9. The largest absolute Gasteiger partial charge is 0.453 e. The number of carbonyl (C=O) groups excluding carboxylic acids is 4. The number of fused-ring (bicyclic) bond motifs is 2. The molecule has 3 fully saturated rings. The van der Waals surface area contributed by atoms with E-state index in [0.29, 0.717) is 12.5 Å². The molecule has 4 amide bonds. The van der Waals surface area contributed by atoms with Crippen molar-refractivity contribution in [3.8, 4) is 33.6 Å². The second-order valence-electron chi connectivity index (χ2n) is 15.9. The van der Waals surface area contributed by atoms with Crippen LogP contribution in [-0.2, 0) is 19.1 Å². The zero-order valence-electron chi connectivity index (χ0n) is 32.9. The molecule has 56 heavy (non-hydrogen) atoms. The number of aromatic amines is 2. The number of H-pyrrole nitrogens is 2. The van der Waals surface area contributed by atoms with Gasteiger partial charge >= 0.3 is 12.2 Å². The molecule has 4 aromatic rings. The molecule has 2 unspecified atom stereocenters. The van der Waals surface area contributed by atoms with Gasteiger partial charge in [-0.1, -0.05) is 62.4 Å². The van der Waals surface area contributed by atoms with Crippen molar-refractivity contribution in [2.24, 2.45) is 23.7 Å². The van der Waals surface area contributed by atoms with Crippen molar-refractivity contribution in [1.82, 2.24) is 40.6 Å². The SMILES string of the molecule is COC(=O)N[C@H](C(=O)N1CCC[C@H]1c1ncc(-c2ccc(-c3ccc(-c4cnc([C@H]5C6CCC(C6)[C@H]5C(=O)N(NC(=O)OC)C(C)C)[nH]4)cc3)cc2)[nH]1)C(C)C. The van der Waals surface area contributed by atoms with Gasteiger partial charge in [0.2, 0.25) is 11.8 Å². The lowest BCUT2D eigenvalue weighted by Crippen LogP contribution is -2.53. The van der Waals surface area contributed by atoms with E-state index < -0.39 is 18.2 Å². The summed E-state index contributed by atoms with van der Waals surface area (Å²) in [4.78, 5) is 69.8. The van der Waals surface area contributed by atoms with Gasteiger partial charge < -0.3 is 29.7 Å². The number of nitrogens with one attached hydrogen (secondary N) is 4. The van der Waals surface area contributed by atoms with Crippen LogP contribution in [-0.4, -0.2) is 86.7 Å². The third kappa shape index (κ3) is 7.61. The van der Waals surface area contributed by atoms with Crippen molar-refractivity contribution in [3.63, 3.8) is 0 Å². The minimum Gasteiger partial charge on any atom is -0.453 e. The van der Waals surface area contributed by atoms with Gasteiger partial charge in [-0.2, -0.15) is 0 Å². The molecule has 3 aliphatic rings. The van der Waals surface area contributed by atoms with Crippen LogP contribution < -0.4 is 10.7 Å². The van der Waals surface area contributed by atoms with E-state index in [1.54, 1.807) is 6.20 Å². The fourth-order valence-electron chi connectivity index (χ4n) is 8.97. The Morgan fingerprint density at radius 3 is 1.89 bits per heavy atom. The molecule has 14 heteroatoms. The van der Waals surface area contributed by atoms with Crippen LogP contribution in [0.15, 0.2) is 60.9 Å². The third-order valence-corrected chi connectivity index (χ3v) is 11.8. The highest BCUT2D eigenvalue weighted by Crippen LogP contribution is 2.56. The molecule has 2 saturated carbocycles. The summed E-state index contributed by atoms with van der Waals surface area (Å²) in [7, 11) is 2.58. The summed E-state index contributed by atoms with van der Waals surface area (Å²) in [5.74, 6) is 1.50. The molecule has 2 bridgehead atoms. The average molecular weight is 765 g/mol. The van der Waals surface area contributed by atoms with Gasteiger partial charge in [0.1, 0.15) is 17.7 Å². The number of ether oxygens (including phenoxy) is 2. The summed E-state index contributed by atoms with van der Waals surface area (Å²) < 4.78 is 9.55. The zero-order chi connectivity index (χ0) is 39.7. The lowest BCUT2D eigenvalue weighted by molar-refractivity contribution is -0.143. The minimum absolute atomic E-state index is 0.0494. The molecular formula is C42H52N8O6. The highest BCUT2D eigenvalue weighted by atomic mass is 16.5. The second kappa shape index (κ2) is 16.2. The van der Waals surface area contributed by atoms with Crippen LogP contribution in [0.5, 0.6) is 0 Å². The van der Waals surface area contributed by atoms with Crippen molar-refractivity contribution < 1.29 is 28.7 Å². The van der Waals surface area contributed by atoms with Gasteiger partial charge in [-0.15, -0.1) is 0 Å². The first-order chi connectivity index (χ1) is 27.0. The summed E-state index contributed by atoms with van der Waals surface area (Å²) in [6.07, 6.45) is 7.05. The Bertz CT molecular complexity index is 2040. The Morgan fingerprint density at radius 2 is 1.32 bits per heavy atom. The van der Waals surface area contributed by atoms with Crippen molar-refractivity contribution in [1.29, 1.82) is 0 Å². The summed E-state index contributed by atoms with van der Waals surface area (Å²) in [5, 5.41) is 4.11. The van der Waals surface area contributed by atoms with Crippen molar-refractivity contribution in [2.45, 2.75) is 83.8 Å². The maximum atomic E-state index is 13.9. The van der Waals surface area contributed by atoms with Crippen LogP contribution in [0.25, 0.3) is 33.6 Å². The Morgan fingerprint density at radius 1 is 0.768 bits per heavy atom. The number of hydrogen-bond acceptors (Lipinski definition) is 8. The molecule has 2 aromatic carbocycles. The zero-order valence-corrected chi connectivity index (χ0v) is 32.9. The van der Waals surface area contributed by atoms with Gasteiger partial charge in [0.05, 0.1) is 50.0 Å². The van der Waals surface area contributed by atoms with Gasteiger partial charge in [0, 0.05) is 18.5 Å². The van der Waals surface area contributed by atoms with E-state index in [0.717, 1.165) is 77.4 Å². The number of rotatable bonds is 10. The van der Waals surface area contributed by atoms with E-state index in [4.69, 9.17) is 14.5 Å². The topological polar surface area (TPSA) is 175 Å². The first kappa shape index (κ1) is 38.6. The van der Waals surface area contributed by atoms with E-state index in [1.165, 1.54) is 19.2 Å². The van der Waals surface area contributed by atoms with E-state index in [1.807, 2.05) is 38.8 Å². The Balaban J connectivity index is 1.02. The summed E-state index contributed by atoms with van der Waals surface area (Å²) in [6, 6.07) is 15.5. The van der Waals surface area contributed by atoms with E-state index in [9.17, 15) is 19.2 Å². The number of benzene rings is 2. The van der Waals surface area contributed by atoms with Crippen molar-refractivity contribution >= 4 is 24.0 Å². The summed E-state index contributed by atoms with van der Waals surface area (Å²) >= 11 is 0. The molecule has 3 heterocycles. The fraction of sp³-hybridized carbons (Fsp3) is 0.476. The number of hydrazine groups is 1. The van der Waals surface area contributed by atoms with Crippen LogP contribution in [0.2, 0.25) is 0 Å². The van der Waals surface area contributed by atoms with Gasteiger partial charge in [-0.05, 0) is 86.0 Å². The average Bonchev–Trinajstić information content (AvgIpc) is 4.06.